The Labute approximate surface area is 106 Å². The monoisotopic (exact) mass is 252 g/mol. The zero-order chi connectivity index (χ0) is 13.0. The summed E-state index contributed by atoms with van der Waals surface area (Å²) in [5, 5.41) is 0. The lowest BCUT2D eigenvalue weighted by molar-refractivity contribution is -0.231. The van der Waals surface area contributed by atoms with Crippen molar-refractivity contribution in [3.8, 4) is 0 Å². The first-order valence-electron chi connectivity index (χ1n) is 6.41. The molecule has 18 heavy (non-hydrogen) atoms. The second-order valence-electron chi connectivity index (χ2n) is 4.66. The topological polar surface area (TPSA) is 9.23 Å². The molecule has 0 saturated carbocycles. The van der Waals surface area contributed by atoms with Crippen molar-refractivity contribution < 1.29 is 13.5 Å². The van der Waals surface area contributed by atoms with Crippen LogP contribution in [0, 0.1) is 0 Å². The first kappa shape index (κ1) is 13.2. The van der Waals surface area contributed by atoms with Crippen LogP contribution in [0.1, 0.15) is 37.3 Å². The van der Waals surface area contributed by atoms with Gasteiger partial charge in [-0.25, -0.2) is 0 Å². The number of halogens is 2. The van der Waals surface area contributed by atoms with Crippen molar-refractivity contribution in [3.05, 3.63) is 41.5 Å². The molecule has 0 saturated heterocycles. The van der Waals surface area contributed by atoms with Crippen LogP contribution < -0.4 is 0 Å². The number of benzene rings is 1. The van der Waals surface area contributed by atoms with Gasteiger partial charge in [-0.2, -0.15) is 8.78 Å². The van der Waals surface area contributed by atoms with Crippen LogP contribution in [0.2, 0.25) is 0 Å². The molecule has 3 heteroatoms. The lowest BCUT2D eigenvalue weighted by Crippen LogP contribution is -2.24. The summed E-state index contributed by atoms with van der Waals surface area (Å²) in [5.41, 5.74) is 3.12. The molecule has 1 aromatic rings. The van der Waals surface area contributed by atoms with E-state index in [9.17, 15) is 8.78 Å². The van der Waals surface area contributed by atoms with E-state index in [0.717, 1.165) is 17.6 Å². The maximum atomic E-state index is 12.8. The standard InChI is InChI=1S/C15H18F2O/c1-2-3-4-12-5-7-13(8-6-12)14-9-10-15(16,17)18-11-14/h5-9H,2-4,10-11H2,1H3. The number of alkyl halides is 2. The molecule has 1 aromatic carbocycles. The van der Waals surface area contributed by atoms with Crippen molar-refractivity contribution in [2.75, 3.05) is 6.61 Å². The third-order valence-corrected chi connectivity index (χ3v) is 3.17. The van der Waals surface area contributed by atoms with Gasteiger partial charge >= 0.3 is 6.11 Å². The van der Waals surface area contributed by atoms with Gasteiger partial charge in [0.25, 0.3) is 0 Å². The van der Waals surface area contributed by atoms with Crippen LogP contribution in [-0.2, 0) is 11.2 Å². The molecular formula is C15H18F2O. The summed E-state index contributed by atoms with van der Waals surface area (Å²) in [4.78, 5) is 0. The van der Waals surface area contributed by atoms with Crippen LogP contribution in [0.25, 0.3) is 5.57 Å². The van der Waals surface area contributed by atoms with Crippen molar-refractivity contribution in [1.82, 2.24) is 0 Å². The highest BCUT2D eigenvalue weighted by Gasteiger charge is 2.32. The maximum absolute atomic E-state index is 12.8. The smallest absolute Gasteiger partial charge is 0.315 e. The molecular weight excluding hydrogens is 234 g/mol. The number of hydrogen-bond acceptors (Lipinski definition) is 1. The van der Waals surface area contributed by atoms with E-state index in [2.05, 4.69) is 23.8 Å². The fourth-order valence-electron chi connectivity index (χ4n) is 2.01. The molecule has 0 fully saturated rings. The fourth-order valence-corrected chi connectivity index (χ4v) is 2.01. The normalized spacial score (nSPS) is 18.5. The van der Waals surface area contributed by atoms with E-state index in [-0.39, 0.29) is 13.0 Å². The van der Waals surface area contributed by atoms with Gasteiger partial charge in [0.05, 0.1) is 13.0 Å². The molecule has 0 aliphatic carbocycles. The van der Waals surface area contributed by atoms with Crippen molar-refractivity contribution in [1.29, 1.82) is 0 Å². The number of ether oxygens (including phenoxy) is 1. The van der Waals surface area contributed by atoms with E-state index in [1.54, 1.807) is 6.08 Å². The van der Waals surface area contributed by atoms with Crippen molar-refractivity contribution in [3.63, 3.8) is 0 Å². The molecule has 1 aliphatic heterocycles. The summed E-state index contributed by atoms with van der Waals surface area (Å²) in [6.07, 6.45) is 1.67. The van der Waals surface area contributed by atoms with Gasteiger partial charge in [-0.1, -0.05) is 43.7 Å². The lowest BCUT2D eigenvalue weighted by Gasteiger charge is -2.22. The zero-order valence-corrected chi connectivity index (χ0v) is 10.6. The molecule has 1 nitrogen and oxygen atoms in total. The SMILES string of the molecule is CCCCc1ccc(C2=CCC(F)(F)OC2)cc1. The largest absolute Gasteiger partial charge is 0.359 e. The molecule has 1 aliphatic rings. The molecule has 0 bridgehead atoms. The summed E-state index contributed by atoms with van der Waals surface area (Å²) in [6, 6.07) is 8.12. The van der Waals surface area contributed by atoms with Gasteiger partial charge in [-0.15, -0.1) is 0 Å². The van der Waals surface area contributed by atoms with Gasteiger partial charge in [0, 0.05) is 0 Å². The van der Waals surface area contributed by atoms with E-state index in [0.29, 0.717) is 0 Å². The van der Waals surface area contributed by atoms with Crippen LogP contribution in [0.5, 0.6) is 0 Å². The van der Waals surface area contributed by atoms with E-state index in [1.165, 1.54) is 18.4 Å². The summed E-state index contributed by atoms with van der Waals surface area (Å²) < 4.78 is 30.2. The Bertz CT molecular complexity index is 421. The highest BCUT2D eigenvalue weighted by Crippen LogP contribution is 2.30. The lowest BCUT2D eigenvalue weighted by atomic mass is 10.0. The predicted molar refractivity (Wildman–Crippen MR) is 68.5 cm³/mol. The van der Waals surface area contributed by atoms with Crippen LogP contribution >= 0.6 is 0 Å². The predicted octanol–water partition coefficient (Wildman–Crippen LogP) is 4.43. The zero-order valence-electron chi connectivity index (χ0n) is 10.6. The Kier molecular flexibility index (Phi) is 4.12. The first-order chi connectivity index (χ1) is 8.61. The molecule has 98 valence electrons. The first-order valence-corrected chi connectivity index (χ1v) is 6.41. The van der Waals surface area contributed by atoms with Gasteiger partial charge in [-0.3, -0.25) is 0 Å². The Balaban J connectivity index is 2.04. The minimum Gasteiger partial charge on any atom is -0.315 e. The number of aryl methyl sites for hydroxylation is 1. The second kappa shape index (κ2) is 5.61. The Morgan fingerprint density at radius 1 is 1.22 bits per heavy atom. The third kappa shape index (κ3) is 3.39. The van der Waals surface area contributed by atoms with Crippen molar-refractivity contribution in [2.24, 2.45) is 0 Å². The Morgan fingerprint density at radius 3 is 2.50 bits per heavy atom. The van der Waals surface area contributed by atoms with Crippen molar-refractivity contribution >= 4 is 5.57 Å². The van der Waals surface area contributed by atoms with E-state index in [4.69, 9.17) is 0 Å². The molecule has 0 spiro atoms. The molecule has 0 unspecified atom stereocenters. The van der Waals surface area contributed by atoms with Gasteiger partial charge in [-0.05, 0) is 29.5 Å². The van der Waals surface area contributed by atoms with Crippen molar-refractivity contribution in [2.45, 2.75) is 38.7 Å². The number of rotatable bonds is 4. The summed E-state index contributed by atoms with van der Waals surface area (Å²) in [6.45, 7) is 2.15. The van der Waals surface area contributed by atoms with Crippen LogP contribution in [-0.4, -0.2) is 12.7 Å². The van der Waals surface area contributed by atoms with Gasteiger partial charge in [0.1, 0.15) is 0 Å². The highest BCUT2D eigenvalue weighted by molar-refractivity contribution is 5.67. The van der Waals surface area contributed by atoms with Gasteiger partial charge in [0.2, 0.25) is 0 Å². The number of hydrogen-bond donors (Lipinski definition) is 0. The average Bonchev–Trinajstić information content (AvgIpc) is 2.37. The fraction of sp³-hybridized carbons (Fsp3) is 0.467. The molecule has 0 N–H and O–H groups in total. The number of unbranched alkanes of at least 4 members (excludes halogenated alkanes) is 1. The molecule has 0 aromatic heterocycles. The quantitative estimate of drug-likeness (QED) is 0.770. The van der Waals surface area contributed by atoms with Gasteiger partial charge < -0.3 is 4.74 Å². The highest BCUT2D eigenvalue weighted by atomic mass is 19.3. The third-order valence-electron chi connectivity index (χ3n) is 3.17. The molecule has 0 radical (unpaired) electrons. The Hall–Kier alpha value is -1.22. The maximum Gasteiger partial charge on any atom is 0.359 e. The summed E-state index contributed by atoms with van der Waals surface area (Å²) in [5.74, 6) is 0. The van der Waals surface area contributed by atoms with Crippen LogP contribution in [0.3, 0.4) is 0 Å². The molecule has 2 rings (SSSR count). The van der Waals surface area contributed by atoms with Crippen LogP contribution in [0.15, 0.2) is 30.3 Å². The molecule has 0 amide bonds. The second-order valence-corrected chi connectivity index (χ2v) is 4.66. The summed E-state index contributed by atoms with van der Waals surface area (Å²) >= 11 is 0. The molecule has 0 atom stereocenters. The Morgan fingerprint density at radius 2 is 1.94 bits per heavy atom. The van der Waals surface area contributed by atoms with E-state index in [1.807, 2.05) is 12.1 Å². The van der Waals surface area contributed by atoms with Gasteiger partial charge in [0.15, 0.2) is 0 Å². The minimum absolute atomic E-state index is 0.0126. The average molecular weight is 252 g/mol. The molecule has 1 heterocycles. The summed E-state index contributed by atoms with van der Waals surface area (Å²) in [7, 11) is 0. The minimum atomic E-state index is -3.00. The van der Waals surface area contributed by atoms with Crippen LogP contribution in [0.4, 0.5) is 8.78 Å². The van der Waals surface area contributed by atoms with E-state index < -0.39 is 6.11 Å². The van der Waals surface area contributed by atoms with E-state index >= 15 is 0 Å².